The van der Waals surface area contributed by atoms with Crippen molar-refractivity contribution in [2.45, 2.75) is 64.2 Å². The molecule has 0 aromatic heterocycles. The molecule has 22 heavy (non-hydrogen) atoms. The summed E-state index contributed by atoms with van der Waals surface area (Å²) in [5.74, 6) is 5.33. The van der Waals surface area contributed by atoms with E-state index in [4.69, 9.17) is 9.47 Å². The van der Waals surface area contributed by atoms with Gasteiger partial charge in [0.25, 0.3) is 0 Å². The minimum absolute atomic E-state index is 0.0553. The van der Waals surface area contributed by atoms with Crippen LogP contribution in [0.25, 0.3) is 0 Å². The van der Waals surface area contributed by atoms with Crippen molar-refractivity contribution in [2.75, 3.05) is 13.2 Å². The lowest BCUT2D eigenvalue weighted by Gasteiger charge is -2.19. The first kappa shape index (κ1) is 16.9. The lowest BCUT2D eigenvalue weighted by molar-refractivity contribution is -0.149. The first-order chi connectivity index (χ1) is 10.8. The summed E-state index contributed by atoms with van der Waals surface area (Å²) in [5.41, 5.74) is 0. The zero-order chi connectivity index (χ0) is 15.6. The van der Waals surface area contributed by atoms with Gasteiger partial charge in [-0.2, -0.15) is 0 Å². The zero-order valence-corrected chi connectivity index (χ0v) is 13.3. The van der Waals surface area contributed by atoms with E-state index in [0.717, 1.165) is 51.4 Å². The minimum atomic E-state index is -0.131. The molecule has 4 nitrogen and oxygen atoms in total. The van der Waals surface area contributed by atoms with Crippen molar-refractivity contribution >= 4 is 11.9 Å². The highest BCUT2D eigenvalue weighted by molar-refractivity contribution is 5.73. The van der Waals surface area contributed by atoms with Crippen molar-refractivity contribution in [2.24, 2.45) is 11.8 Å². The summed E-state index contributed by atoms with van der Waals surface area (Å²) in [6, 6.07) is 0. The molecule has 4 heteroatoms. The fraction of sp³-hybridized carbons (Fsp3) is 0.778. The van der Waals surface area contributed by atoms with Crippen LogP contribution in [-0.2, 0) is 19.1 Å². The Kier molecular flexibility index (Phi) is 7.28. The van der Waals surface area contributed by atoms with Crippen LogP contribution < -0.4 is 0 Å². The molecule has 2 rings (SSSR count). The van der Waals surface area contributed by atoms with Crippen LogP contribution in [0.1, 0.15) is 64.2 Å². The summed E-state index contributed by atoms with van der Waals surface area (Å²) < 4.78 is 10.3. The van der Waals surface area contributed by atoms with Crippen LogP contribution in [0, 0.1) is 23.7 Å². The van der Waals surface area contributed by atoms with Crippen molar-refractivity contribution in [3.05, 3.63) is 0 Å². The van der Waals surface area contributed by atoms with Gasteiger partial charge in [0.05, 0.1) is 11.8 Å². The Morgan fingerprint density at radius 1 is 0.682 bits per heavy atom. The summed E-state index contributed by atoms with van der Waals surface area (Å²) >= 11 is 0. The summed E-state index contributed by atoms with van der Waals surface area (Å²) in [5, 5.41) is 0. The van der Waals surface area contributed by atoms with Crippen LogP contribution in [0.3, 0.4) is 0 Å². The highest BCUT2D eigenvalue weighted by atomic mass is 16.5. The molecular formula is C18H26O4. The highest BCUT2D eigenvalue weighted by Gasteiger charge is 2.22. The largest absolute Gasteiger partial charge is 0.452 e. The monoisotopic (exact) mass is 306 g/mol. The maximum absolute atomic E-state index is 11.8. The predicted molar refractivity (Wildman–Crippen MR) is 82.8 cm³/mol. The Hall–Kier alpha value is -1.50. The molecule has 0 aromatic rings. The first-order valence-electron chi connectivity index (χ1n) is 8.56. The molecule has 0 aliphatic heterocycles. The molecule has 0 N–H and O–H groups in total. The quantitative estimate of drug-likeness (QED) is 0.591. The maximum atomic E-state index is 11.8. The van der Waals surface area contributed by atoms with E-state index in [-0.39, 0.29) is 37.0 Å². The third-order valence-electron chi connectivity index (χ3n) is 4.58. The molecule has 0 bridgehead atoms. The van der Waals surface area contributed by atoms with Crippen LogP contribution in [-0.4, -0.2) is 25.2 Å². The number of carbonyl (C=O) groups excluding carboxylic acids is 2. The lowest BCUT2D eigenvalue weighted by atomic mass is 9.89. The normalized spacial score (nSPS) is 19.8. The zero-order valence-electron chi connectivity index (χ0n) is 13.3. The van der Waals surface area contributed by atoms with Crippen molar-refractivity contribution in [1.82, 2.24) is 0 Å². The molecule has 0 heterocycles. The second kappa shape index (κ2) is 9.50. The third kappa shape index (κ3) is 5.71. The molecule has 0 amide bonds. The molecule has 2 aliphatic rings. The van der Waals surface area contributed by atoms with Gasteiger partial charge in [-0.05, 0) is 25.7 Å². The summed E-state index contributed by atoms with van der Waals surface area (Å²) in [7, 11) is 0. The molecule has 0 saturated heterocycles. The highest BCUT2D eigenvalue weighted by Crippen LogP contribution is 2.25. The molecule has 2 saturated carbocycles. The number of rotatable bonds is 4. The van der Waals surface area contributed by atoms with Crippen LogP contribution >= 0.6 is 0 Å². The molecule has 0 unspecified atom stereocenters. The Labute approximate surface area is 132 Å². The van der Waals surface area contributed by atoms with Crippen LogP contribution in [0.4, 0.5) is 0 Å². The van der Waals surface area contributed by atoms with E-state index in [2.05, 4.69) is 11.8 Å². The van der Waals surface area contributed by atoms with Crippen molar-refractivity contribution in [3.8, 4) is 11.8 Å². The average molecular weight is 306 g/mol. The summed E-state index contributed by atoms with van der Waals surface area (Å²) in [6.45, 7) is 0.187. The summed E-state index contributed by atoms with van der Waals surface area (Å²) in [4.78, 5) is 23.5. The first-order valence-corrected chi connectivity index (χ1v) is 8.56. The van der Waals surface area contributed by atoms with E-state index in [1.54, 1.807) is 0 Å². The molecule has 0 radical (unpaired) electrons. The number of esters is 2. The lowest BCUT2D eigenvalue weighted by Crippen LogP contribution is -2.21. The molecular weight excluding hydrogens is 280 g/mol. The Morgan fingerprint density at radius 3 is 1.41 bits per heavy atom. The molecule has 0 aromatic carbocycles. The standard InChI is InChI=1S/C18H26O4/c19-17(15-9-3-1-4-10-15)21-13-7-8-14-22-18(20)16-11-5-2-6-12-16/h15-16H,1-6,9-14H2. The van der Waals surface area contributed by atoms with Crippen LogP contribution in [0.2, 0.25) is 0 Å². The van der Waals surface area contributed by atoms with Gasteiger partial charge in [-0.25, -0.2) is 0 Å². The molecule has 122 valence electrons. The smallest absolute Gasteiger partial charge is 0.309 e. The molecule has 2 fully saturated rings. The Morgan fingerprint density at radius 2 is 1.05 bits per heavy atom. The van der Waals surface area contributed by atoms with E-state index < -0.39 is 0 Å². The number of ether oxygens (including phenoxy) is 2. The van der Waals surface area contributed by atoms with Gasteiger partial charge in [-0.1, -0.05) is 50.4 Å². The van der Waals surface area contributed by atoms with E-state index in [1.807, 2.05) is 0 Å². The maximum Gasteiger partial charge on any atom is 0.309 e. The minimum Gasteiger partial charge on any atom is -0.452 e. The Balaban J connectivity index is 1.56. The third-order valence-corrected chi connectivity index (χ3v) is 4.58. The topological polar surface area (TPSA) is 52.6 Å². The fourth-order valence-electron chi connectivity index (χ4n) is 3.23. The van der Waals surface area contributed by atoms with Crippen LogP contribution in [0.15, 0.2) is 0 Å². The second-order valence-electron chi connectivity index (χ2n) is 6.24. The van der Waals surface area contributed by atoms with Gasteiger partial charge in [-0.15, -0.1) is 0 Å². The van der Waals surface area contributed by atoms with E-state index in [9.17, 15) is 9.59 Å². The summed E-state index contributed by atoms with van der Waals surface area (Å²) in [6.07, 6.45) is 10.6. The van der Waals surface area contributed by atoms with E-state index in [0.29, 0.717) is 0 Å². The van der Waals surface area contributed by atoms with E-state index >= 15 is 0 Å². The molecule has 0 spiro atoms. The predicted octanol–water partition coefficient (Wildman–Crippen LogP) is 3.24. The van der Waals surface area contributed by atoms with Gasteiger partial charge in [0.15, 0.2) is 13.2 Å². The number of carbonyl (C=O) groups is 2. The van der Waals surface area contributed by atoms with Gasteiger partial charge in [-0.3, -0.25) is 9.59 Å². The van der Waals surface area contributed by atoms with E-state index in [1.165, 1.54) is 12.8 Å². The second-order valence-corrected chi connectivity index (χ2v) is 6.24. The fourth-order valence-corrected chi connectivity index (χ4v) is 3.23. The van der Waals surface area contributed by atoms with Crippen molar-refractivity contribution in [1.29, 1.82) is 0 Å². The van der Waals surface area contributed by atoms with Gasteiger partial charge >= 0.3 is 11.9 Å². The molecule has 0 atom stereocenters. The van der Waals surface area contributed by atoms with Crippen LogP contribution in [0.5, 0.6) is 0 Å². The molecule has 2 aliphatic carbocycles. The number of hydrogen-bond acceptors (Lipinski definition) is 4. The van der Waals surface area contributed by atoms with Gasteiger partial charge in [0.1, 0.15) is 0 Å². The SMILES string of the molecule is O=C(OCC#CCOC(=O)C1CCCCC1)C1CCCCC1. The van der Waals surface area contributed by atoms with Crippen molar-refractivity contribution in [3.63, 3.8) is 0 Å². The number of hydrogen-bond donors (Lipinski definition) is 0. The van der Waals surface area contributed by atoms with Gasteiger partial charge in [0.2, 0.25) is 0 Å². The van der Waals surface area contributed by atoms with Gasteiger partial charge < -0.3 is 9.47 Å². The Bertz CT molecular complexity index is 382. The van der Waals surface area contributed by atoms with Gasteiger partial charge in [0, 0.05) is 0 Å². The van der Waals surface area contributed by atoms with Crippen molar-refractivity contribution < 1.29 is 19.1 Å². The average Bonchev–Trinajstić information content (AvgIpc) is 2.59.